The monoisotopic (exact) mass is 197 g/mol. The van der Waals surface area contributed by atoms with E-state index < -0.39 is 0 Å². The van der Waals surface area contributed by atoms with Crippen LogP contribution in [0.3, 0.4) is 0 Å². The lowest BCUT2D eigenvalue weighted by Gasteiger charge is -2.19. The van der Waals surface area contributed by atoms with E-state index in [2.05, 4.69) is 16.9 Å². The van der Waals surface area contributed by atoms with E-state index in [4.69, 9.17) is 13.0 Å². The minimum Gasteiger partial charge on any atom is -0.299 e. The van der Waals surface area contributed by atoms with Crippen LogP contribution in [0.25, 0.3) is 0 Å². The predicted octanol–water partition coefficient (Wildman–Crippen LogP) is 2.50. The van der Waals surface area contributed by atoms with Crippen LogP contribution in [-0.2, 0) is 0 Å². The van der Waals surface area contributed by atoms with Gasteiger partial charge in [-0.05, 0) is 38.1 Å². The number of pyridine rings is 1. The fraction of sp³-hybridized carbons (Fsp3) is 0.500. The first-order valence-electron chi connectivity index (χ1n) is 5.01. The fourth-order valence-corrected chi connectivity index (χ4v) is 1.94. The normalized spacial score (nSPS) is 24.8. The molecule has 1 atom stereocenters. The van der Waals surface area contributed by atoms with Crippen LogP contribution in [0.1, 0.15) is 25.8 Å². The molecule has 0 N–H and O–H groups in total. The maximum Gasteiger partial charge on any atom is 0.129 e. The molecule has 2 nitrogen and oxygen atoms in total. The number of halogens is 1. The average Bonchev–Trinajstić information content (AvgIpc) is 2.52. The van der Waals surface area contributed by atoms with Gasteiger partial charge in [-0.2, -0.15) is 0 Å². The van der Waals surface area contributed by atoms with E-state index in [0.717, 1.165) is 18.5 Å². The maximum absolute atomic E-state index is 7.82. The molecule has 0 aliphatic carbocycles. The molecule has 0 unspecified atom stereocenters. The van der Waals surface area contributed by atoms with Crippen molar-refractivity contribution in [2.24, 2.45) is 0 Å². The molecule has 3 heteroatoms. The van der Waals surface area contributed by atoms with E-state index in [1.807, 2.05) is 0 Å². The van der Waals surface area contributed by atoms with Gasteiger partial charge in [-0.1, -0.05) is 17.6 Å². The third kappa shape index (κ3) is 1.84. The smallest absolute Gasteiger partial charge is 0.129 e. The third-order valence-electron chi connectivity index (χ3n) is 2.56. The van der Waals surface area contributed by atoms with Gasteiger partial charge >= 0.3 is 0 Å². The van der Waals surface area contributed by atoms with Gasteiger partial charge in [0.15, 0.2) is 0 Å². The summed E-state index contributed by atoms with van der Waals surface area (Å²) in [5, 5.41) is 0.402. The van der Waals surface area contributed by atoms with Crippen molar-refractivity contribution in [3.05, 3.63) is 29.0 Å². The summed E-state index contributed by atoms with van der Waals surface area (Å²) >= 11 is 5.72. The average molecular weight is 198 g/mol. The number of nitrogens with zero attached hydrogens (tertiary/aromatic N) is 2. The Labute approximate surface area is 84.9 Å². The van der Waals surface area contributed by atoms with Gasteiger partial charge in [0.1, 0.15) is 5.15 Å². The topological polar surface area (TPSA) is 16.1 Å². The summed E-state index contributed by atoms with van der Waals surface area (Å²) in [5.74, 6) is 0. The molecule has 0 aromatic carbocycles. The zero-order valence-corrected chi connectivity index (χ0v) is 8.38. The molecule has 1 aliphatic heterocycles. The second-order valence-corrected chi connectivity index (χ2v) is 3.85. The van der Waals surface area contributed by atoms with Gasteiger partial charge in [0.25, 0.3) is 0 Å². The molecule has 70 valence electrons. The van der Waals surface area contributed by atoms with Crippen LogP contribution in [0.2, 0.25) is 5.15 Å². The van der Waals surface area contributed by atoms with Gasteiger partial charge in [0, 0.05) is 12.2 Å². The first-order valence-corrected chi connectivity index (χ1v) is 4.88. The summed E-state index contributed by atoms with van der Waals surface area (Å²) in [4.78, 5) is 6.30. The third-order valence-corrected chi connectivity index (χ3v) is 2.77. The Morgan fingerprint density at radius 2 is 2.62 bits per heavy atom. The SMILES string of the molecule is [2H]c1cc(Cl)ncc1[C@@H]1CCCN1C. The molecule has 2 rings (SSSR count). The molecule has 1 saturated heterocycles. The second-order valence-electron chi connectivity index (χ2n) is 3.46. The van der Waals surface area contributed by atoms with Gasteiger partial charge < -0.3 is 0 Å². The van der Waals surface area contributed by atoms with Crippen molar-refractivity contribution < 1.29 is 1.37 Å². The molecule has 0 spiro atoms. The van der Waals surface area contributed by atoms with Gasteiger partial charge in [-0.25, -0.2) is 4.98 Å². The van der Waals surface area contributed by atoms with Crippen LogP contribution < -0.4 is 0 Å². The number of hydrogen-bond donors (Lipinski definition) is 0. The van der Waals surface area contributed by atoms with E-state index in [1.165, 1.54) is 6.42 Å². The highest BCUT2D eigenvalue weighted by Gasteiger charge is 2.22. The lowest BCUT2D eigenvalue weighted by atomic mass is 10.1. The Bertz CT molecular complexity index is 343. The number of aromatic nitrogens is 1. The van der Waals surface area contributed by atoms with Crippen molar-refractivity contribution in [2.45, 2.75) is 18.9 Å². The minimum absolute atomic E-state index is 0.354. The van der Waals surface area contributed by atoms with Gasteiger partial charge in [0.2, 0.25) is 0 Å². The zero-order valence-electron chi connectivity index (χ0n) is 8.63. The molecule has 1 aromatic rings. The predicted molar refractivity (Wildman–Crippen MR) is 53.9 cm³/mol. The van der Waals surface area contributed by atoms with E-state index in [0.29, 0.717) is 17.2 Å². The van der Waals surface area contributed by atoms with Crippen molar-refractivity contribution >= 4 is 11.6 Å². The lowest BCUT2D eigenvalue weighted by molar-refractivity contribution is 0.317. The standard InChI is InChI=1S/C10H13ClN2/c1-13-6-2-3-9(13)8-4-5-10(11)12-7-8/h4-5,7,9H,2-3,6H2,1H3/t9-/m0/s1/i4D. The number of rotatable bonds is 1. The molecule has 0 bridgehead atoms. The van der Waals surface area contributed by atoms with Gasteiger partial charge in [-0.15, -0.1) is 0 Å². The summed E-state index contributed by atoms with van der Waals surface area (Å²) in [6.45, 7) is 1.10. The van der Waals surface area contributed by atoms with Gasteiger partial charge in [0.05, 0.1) is 1.37 Å². The summed E-state index contributed by atoms with van der Waals surface area (Å²) in [7, 11) is 2.09. The Balaban J connectivity index is 2.31. The van der Waals surface area contributed by atoms with Crippen molar-refractivity contribution in [3.63, 3.8) is 0 Å². The molecule has 0 radical (unpaired) electrons. The van der Waals surface area contributed by atoms with Gasteiger partial charge in [-0.3, -0.25) is 4.90 Å². The van der Waals surface area contributed by atoms with Crippen LogP contribution in [0.5, 0.6) is 0 Å². The van der Waals surface area contributed by atoms with Crippen LogP contribution in [0.15, 0.2) is 18.3 Å². The largest absolute Gasteiger partial charge is 0.299 e. The maximum atomic E-state index is 7.82. The molecule has 0 amide bonds. The summed E-state index contributed by atoms with van der Waals surface area (Å²) in [5.41, 5.74) is 0.995. The molecule has 1 aromatic heterocycles. The highest BCUT2D eigenvalue weighted by molar-refractivity contribution is 6.29. The first-order chi connectivity index (χ1) is 6.68. The van der Waals surface area contributed by atoms with E-state index >= 15 is 0 Å². The molecular formula is C10H13ClN2. The Hall–Kier alpha value is -0.600. The Morgan fingerprint density at radius 1 is 1.77 bits per heavy atom. The highest BCUT2D eigenvalue weighted by atomic mass is 35.5. The highest BCUT2D eigenvalue weighted by Crippen LogP contribution is 2.29. The molecule has 0 saturated carbocycles. The first kappa shape index (κ1) is 7.77. The molecular weight excluding hydrogens is 184 g/mol. The molecule has 1 aliphatic rings. The molecule has 13 heavy (non-hydrogen) atoms. The zero-order chi connectivity index (χ0) is 10.1. The fourth-order valence-electron chi connectivity index (χ4n) is 1.83. The quantitative estimate of drug-likeness (QED) is 0.644. The summed E-state index contributed by atoms with van der Waals surface area (Å²) in [6, 6.07) is 2.47. The van der Waals surface area contributed by atoms with Crippen LogP contribution in [-0.4, -0.2) is 23.5 Å². The van der Waals surface area contributed by atoms with E-state index in [9.17, 15) is 0 Å². The summed E-state index contributed by atoms with van der Waals surface area (Å²) < 4.78 is 7.82. The second kappa shape index (κ2) is 3.64. The van der Waals surface area contributed by atoms with Crippen LogP contribution in [0.4, 0.5) is 0 Å². The minimum atomic E-state index is 0.354. The summed E-state index contributed by atoms with van der Waals surface area (Å²) in [6.07, 6.45) is 4.05. The van der Waals surface area contributed by atoms with E-state index in [-0.39, 0.29) is 0 Å². The van der Waals surface area contributed by atoms with Crippen LogP contribution >= 0.6 is 11.6 Å². The van der Waals surface area contributed by atoms with Crippen molar-refractivity contribution in [1.29, 1.82) is 0 Å². The Kier molecular flexibility index (Phi) is 2.18. The van der Waals surface area contributed by atoms with E-state index in [1.54, 1.807) is 12.3 Å². The Morgan fingerprint density at radius 3 is 3.23 bits per heavy atom. The molecule has 1 fully saturated rings. The number of likely N-dealkylation sites (tertiary alicyclic amines) is 1. The van der Waals surface area contributed by atoms with Crippen molar-refractivity contribution in [1.82, 2.24) is 9.88 Å². The van der Waals surface area contributed by atoms with Crippen LogP contribution in [0, 0.1) is 0 Å². The molecule has 2 heterocycles. The lowest BCUT2D eigenvalue weighted by Crippen LogP contribution is -2.17. The number of hydrogen-bond acceptors (Lipinski definition) is 2. The van der Waals surface area contributed by atoms with Crippen molar-refractivity contribution in [3.8, 4) is 0 Å². The van der Waals surface area contributed by atoms with Crippen molar-refractivity contribution in [2.75, 3.05) is 13.6 Å².